The molecular weight excluding hydrogens is 223 g/mol. The van der Waals surface area contributed by atoms with Gasteiger partial charge in [0.1, 0.15) is 5.82 Å². The molecular formula is C13H15FO3. The molecule has 0 saturated carbocycles. The number of carbonyl (C=O) groups excluding carboxylic acids is 2. The summed E-state index contributed by atoms with van der Waals surface area (Å²) in [6.07, 6.45) is 0. The predicted octanol–water partition coefficient (Wildman–Crippen LogP) is 2.60. The Balaban J connectivity index is 2.60. The van der Waals surface area contributed by atoms with Crippen LogP contribution in [-0.2, 0) is 9.53 Å². The van der Waals surface area contributed by atoms with Gasteiger partial charge in [-0.2, -0.15) is 0 Å². The van der Waals surface area contributed by atoms with Gasteiger partial charge in [0.15, 0.2) is 12.4 Å². The van der Waals surface area contributed by atoms with Crippen LogP contribution in [0.15, 0.2) is 24.3 Å². The minimum Gasteiger partial charge on any atom is -0.454 e. The van der Waals surface area contributed by atoms with Crippen LogP contribution in [0.1, 0.15) is 31.1 Å². The number of rotatable bonds is 3. The number of hydrogen-bond donors (Lipinski definition) is 0. The molecule has 0 heterocycles. The third kappa shape index (κ3) is 3.98. The van der Waals surface area contributed by atoms with E-state index in [9.17, 15) is 14.0 Å². The largest absolute Gasteiger partial charge is 0.454 e. The van der Waals surface area contributed by atoms with Gasteiger partial charge in [-0.05, 0) is 18.2 Å². The summed E-state index contributed by atoms with van der Waals surface area (Å²) in [5.74, 6) is -1.38. The van der Waals surface area contributed by atoms with Gasteiger partial charge in [0.25, 0.3) is 0 Å². The van der Waals surface area contributed by atoms with Crippen molar-refractivity contribution < 1.29 is 18.7 Å². The van der Waals surface area contributed by atoms with E-state index in [1.807, 2.05) is 0 Å². The summed E-state index contributed by atoms with van der Waals surface area (Å²) in [5, 5.41) is 0. The van der Waals surface area contributed by atoms with Crippen LogP contribution in [0.25, 0.3) is 0 Å². The molecule has 0 N–H and O–H groups in total. The quantitative estimate of drug-likeness (QED) is 0.760. The topological polar surface area (TPSA) is 43.4 Å². The molecule has 0 aliphatic rings. The van der Waals surface area contributed by atoms with Gasteiger partial charge in [-0.15, -0.1) is 0 Å². The lowest BCUT2D eigenvalue weighted by Gasteiger charge is -2.16. The minimum atomic E-state index is -0.693. The zero-order chi connectivity index (χ0) is 13.1. The van der Waals surface area contributed by atoms with Crippen LogP contribution in [0.5, 0.6) is 0 Å². The molecule has 0 amide bonds. The van der Waals surface area contributed by atoms with Crippen molar-refractivity contribution >= 4 is 11.8 Å². The van der Waals surface area contributed by atoms with Gasteiger partial charge in [-0.25, -0.2) is 9.18 Å². The fraction of sp³-hybridized carbons (Fsp3) is 0.385. The maximum atomic E-state index is 12.8. The van der Waals surface area contributed by atoms with E-state index in [2.05, 4.69) is 0 Å². The number of halogens is 1. The summed E-state index contributed by atoms with van der Waals surface area (Å²) < 4.78 is 17.7. The van der Waals surface area contributed by atoms with Crippen LogP contribution in [0.3, 0.4) is 0 Å². The van der Waals surface area contributed by atoms with Crippen LogP contribution in [0, 0.1) is 11.2 Å². The second-order valence-corrected chi connectivity index (χ2v) is 4.76. The van der Waals surface area contributed by atoms with Gasteiger partial charge in [0, 0.05) is 5.41 Å². The zero-order valence-electron chi connectivity index (χ0n) is 10.1. The first-order valence-corrected chi connectivity index (χ1v) is 5.26. The number of ether oxygens (including phenoxy) is 1. The fourth-order valence-corrected chi connectivity index (χ4v) is 1.05. The highest BCUT2D eigenvalue weighted by Crippen LogP contribution is 2.15. The van der Waals surface area contributed by atoms with E-state index in [1.165, 1.54) is 18.2 Å². The van der Waals surface area contributed by atoms with Crippen LogP contribution in [0.4, 0.5) is 4.39 Å². The van der Waals surface area contributed by atoms with Gasteiger partial charge in [-0.3, -0.25) is 4.79 Å². The average Bonchev–Trinajstić information content (AvgIpc) is 2.24. The number of esters is 1. The molecule has 0 spiro atoms. The van der Waals surface area contributed by atoms with E-state index in [0.717, 1.165) is 6.07 Å². The first-order valence-electron chi connectivity index (χ1n) is 5.26. The van der Waals surface area contributed by atoms with Crippen LogP contribution < -0.4 is 0 Å². The van der Waals surface area contributed by atoms with Crippen molar-refractivity contribution in [1.29, 1.82) is 0 Å². The van der Waals surface area contributed by atoms with Crippen molar-refractivity contribution in [2.75, 3.05) is 6.61 Å². The second kappa shape index (κ2) is 5.08. The van der Waals surface area contributed by atoms with Crippen LogP contribution in [0.2, 0.25) is 0 Å². The highest BCUT2D eigenvalue weighted by molar-refractivity contribution is 5.92. The van der Waals surface area contributed by atoms with E-state index in [0.29, 0.717) is 0 Å². The highest BCUT2D eigenvalue weighted by atomic mass is 19.1. The maximum absolute atomic E-state index is 12.8. The molecule has 1 aromatic rings. The summed E-state index contributed by atoms with van der Waals surface area (Å²) in [7, 11) is 0. The Bertz CT molecular complexity index is 433. The molecule has 0 aromatic heterocycles. The zero-order valence-corrected chi connectivity index (χ0v) is 10.1. The molecule has 0 atom stereocenters. The lowest BCUT2D eigenvalue weighted by Crippen LogP contribution is -2.26. The van der Waals surface area contributed by atoms with E-state index < -0.39 is 17.2 Å². The third-order valence-corrected chi connectivity index (χ3v) is 2.23. The van der Waals surface area contributed by atoms with Crippen molar-refractivity contribution in [3.63, 3.8) is 0 Å². The van der Waals surface area contributed by atoms with Gasteiger partial charge in [0.05, 0.1) is 5.56 Å². The molecule has 1 rings (SSSR count). The molecule has 17 heavy (non-hydrogen) atoms. The summed E-state index contributed by atoms with van der Waals surface area (Å²) in [5.41, 5.74) is -0.450. The van der Waals surface area contributed by atoms with Gasteiger partial charge >= 0.3 is 5.97 Å². The lowest BCUT2D eigenvalue weighted by molar-refractivity contribution is -0.129. The summed E-state index contributed by atoms with van der Waals surface area (Å²) >= 11 is 0. The van der Waals surface area contributed by atoms with Crippen molar-refractivity contribution in [1.82, 2.24) is 0 Å². The Morgan fingerprint density at radius 1 is 1.29 bits per heavy atom. The van der Waals surface area contributed by atoms with E-state index in [-0.39, 0.29) is 18.0 Å². The first-order chi connectivity index (χ1) is 7.80. The Morgan fingerprint density at radius 2 is 1.94 bits per heavy atom. The Hall–Kier alpha value is -1.71. The Morgan fingerprint density at radius 3 is 2.47 bits per heavy atom. The third-order valence-electron chi connectivity index (χ3n) is 2.23. The summed E-state index contributed by atoms with van der Waals surface area (Å²) in [4.78, 5) is 23.0. The SMILES string of the molecule is CC(C)(C)C(=O)COC(=O)c1cccc(F)c1. The standard InChI is InChI=1S/C13H15FO3/c1-13(2,3)11(15)8-17-12(16)9-5-4-6-10(14)7-9/h4-7H,8H2,1-3H3. The smallest absolute Gasteiger partial charge is 0.338 e. The van der Waals surface area contributed by atoms with Gasteiger partial charge in [0.2, 0.25) is 0 Å². The molecule has 1 aromatic carbocycles. The van der Waals surface area contributed by atoms with Crippen molar-refractivity contribution in [2.24, 2.45) is 5.41 Å². The van der Waals surface area contributed by atoms with E-state index in [4.69, 9.17) is 4.74 Å². The lowest BCUT2D eigenvalue weighted by atomic mass is 9.91. The highest BCUT2D eigenvalue weighted by Gasteiger charge is 2.22. The van der Waals surface area contributed by atoms with Crippen LogP contribution in [-0.4, -0.2) is 18.4 Å². The Labute approximate surface area is 99.6 Å². The number of hydrogen-bond acceptors (Lipinski definition) is 3. The molecule has 0 aliphatic heterocycles. The summed E-state index contributed by atoms with van der Waals surface area (Å²) in [6.45, 7) is 4.93. The number of Topliss-reactive ketones (excluding diaryl/α,β-unsaturated/α-hetero) is 1. The van der Waals surface area contributed by atoms with Crippen LogP contribution >= 0.6 is 0 Å². The molecule has 0 radical (unpaired) electrons. The molecule has 92 valence electrons. The fourth-order valence-electron chi connectivity index (χ4n) is 1.05. The number of benzene rings is 1. The Kier molecular flexibility index (Phi) is 3.99. The van der Waals surface area contributed by atoms with Crippen molar-refractivity contribution in [2.45, 2.75) is 20.8 Å². The molecule has 0 fully saturated rings. The molecule has 3 nitrogen and oxygen atoms in total. The minimum absolute atomic E-state index is 0.103. The second-order valence-electron chi connectivity index (χ2n) is 4.76. The van der Waals surface area contributed by atoms with Gasteiger partial charge < -0.3 is 4.74 Å². The molecule has 0 saturated heterocycles. The van der Waals surface area contributed by atoms with Crippen molar-refractivity contribution in [3.8, 4) is 0 Å². The molecule has 0 unspecified atom stereocenters. The number of carbonyl (C=O) groups is 2. The average molecular weight is 238 g/mol. The monoisotopic (exact) mass is 238 g/mol. The van der Waals surface area contributed by atoms with E-state index in [1.54, 1.807) is 20.8 Å². The molecule has 0 bridgehead atoms. The van der Waals surface area contributed by atoms with Gasteiger partial charge in [-0.1, -0.05) is 26.8 Å². The molecule has 0 aliphatic carbocycles. The summed E-state index contributed by atoms with van der Waals surface area (Å²) in [6, 6.07) is 5.16. The predicted molar refractivity (Wildman–Crippen MR) is 61.1 cm³/mol. The normalized spacial score (nSPS) is 11.1. The maximum Gasteiger partial charge on any atom is 0.338 e. The first kappa shape index (κ1) is 13.4. The van der Waals surface area contributed by atoms with Crippen molar-refractivity contribution in [3.05, 3.63) is 35.6 Å². The molecule has 4 heteroatoms. The number of ketones is 1. The van der Waals surface area contributed by atoms with E-state index >= 15 is 0 Å².